The van der Waals surface area contributed by atoms with Crippen LogP contribution in [0.2, 0.25) is 0 Å². The number of anilines is 2. The van der Waals surface area contributed by atoms with E-state index in [0.29, 0.717) is 24.3 Å². The van der Waals surface area contributed by atoms with Crippen molar-refractivity contribution < 1.29 is 19.1 Å². The second kappa shape index (κ2) is 7.04. The minimum absolute atomic E-state index is 0.302. The number of methoxy groups -OCH3 is 1. The molecule has 0 aliphatic carbocycles. The lowest BCUT2D eigenvalue weighted by atomic mass is 10.1. The summed E-state index contributed by atoms with van der Waals surface area (Å²) in [4.78, 5) is 25.4. The van der Waals surface area contributed by atoms with Crippen LogP contribution in [0.15, 0.2) is 54.6 Å². The summed E-state index contributed by atoms with van der Waals surface area (Å²) in [6.07, 6.45) is -0.669. The van der Waals surface area contributed by atoms with Crippen LogP contribution in [0.1, 0.15) is 10.4 Å². The number of amides is 1. The molecule has 1 heterocycles. The van der Waals surface area contributed by atoms with Crippen molar-refractivity contribution >= 4 is 23.4 Å². The number of para-hydroxylation sites is 2. The Balaban J connectivity index is 1.65. The van der Waals surface area contributed by atoms with E-state index in [1.165, 1.54) is 7.11 Å². The highest BCUT2D eigenvalue weighted by Crippen LogP contribution is 2.22. The Kier molecular flexibility index (Phi) is 4.65. The third kappa shape index (κ3) is 3.32. The summed E-state index contributed by atoms with van der Waals surface area (Å²) in [6, 6.07) is 16.4. The first kappa shape index (κ1) is 15.9. The number of esters is 1. The standard InChI is InChI=1S/C18H18N2O4/c1-23-17(21)15-9-5-6-10-16(15)19-11-14-12-20(18(22)24-14)13-7-3-2-4-8-13/h2-10,14,19H,11-12H2,1H3/t14-/m0/s1. The van der Waals surface area contributed by atoms with Gasteiger partial charge in [0.2, 0.25) is 0 Å². The molecule has 3 rings (SSSR count). The number of carbonyl (C=O) groups is 2. The molecule has 24 heavy (non-hydrogen) atoms. The van der Waals surface area contributed by atoms with E-state index in [1.807, 2.05) is 36.4 Å². The first-order valence-electron chi connectivity index (χ1n) is 7.63. The lowest BCUT2D eigenvalue weighted by Crippen LogP contribution is -2.27. The van der Waals surface area contributed by atoms with E-state index < -0.39 is 5.97 Å². The maximum absolute atomic E-state index is 12.0. The molecule has 6 nitrogen and oxygen atoms in total. The fourth-order valence-corrected chi connectivity index (χ4v) is 2.60. The second-order valence-electron chi connectivity index (χ2n) is 5.37. The lowest BCUT2D eigenvalue weighted by Gasteiger charge is -2.14. The third-order valence-corrected chi connectivity index (χ3v) is 3.79. The summed E-state index contributed by atoms with van der Waals surface area (Å²) in [6.45, 7) is 0.860. The van der Waals surface area contributed by atoms with E-state index in [1.54, 1.807) is 23.1 Å². The van der Waals surface area contributed by atoms with Crippen molar-refractivity contribution in [3.05, 3.63) is 60.2 Å². The van der Waals surface area contributed by atoms with E-state index in [-0.39, 0.29) is 12.2 Å². The summed E-state index contributed by atoms with van der Waals surface area (Å²) in [5.74, 6) is -0.410. The monoisotopic (exact) mass is 326 g/mol. The highest BCUT2D eigenvalue weighted by atomic mass is 16.6. The van der Waals surface area contributed by atoms with Gasteiger partial charge in [-0.25, -0.2) is 9.59 Å². The molecule has 1 aliphatic heterocycles. The van der Waals surface area contributed by atoms with Crippen LogP contribution in [0.3, 0.4) is 0 Å². The van der Waals surface area contributed by atoms with Gasteiger partial charge in [-0.15, -0.1) is 0 Å². The van der Waals surface area contributed by atoms with Crippen molar-refractivity contribution in [2.24, 2.45) is 0 Å². The number of hydrogen-bond acceptors (Lipinski definition) is 5. The van der Waals surface area contributed by atoms with Gasteiger partial charge in [0.15, 0.2) is 0 Å². The number of hydrogen-bond donors (Lipinski definition) is 1. The number of carbonyl (C=O) groups excluding carboxylic acids is 2. The van der Waals surface area contributed by atoms with Gasteiger partial charge in [0.05, 0.1) is 25.8 Å². The van der Waals surface area contributed by atoms with Crippen molar-refractivity contribution in [3.63, 3.8) is 0 Å². The van der Waals surface area contributed by atoms with Crippen LogP contribution in [0.5, 0.6) is 0 Å². The summed E-state index contributed by atoms with van der Waals surface area (Å²) in [5.41, 5.74) is 1.91. The number of cyclic esters (lactones) is 1. The van der Waals surface area contributed by atoms with Gasteiger partial charge in [-0.1, -0.05) is 30.3 Å². The fourth-order valence-electron chi connectivity index (χ4n) is 2.60. The molecule has 0 aromatic heterocycles. The van der Waals surface area contributed by atoms with Crippen molar-refractivity contribution in [1.29, 1.82) is 0 Å². The van der Waals surface area contributed by atoms with Gasteiger partial charge in [-0.3, -0.25) is 4.90 Å². The van der Waals surface area contributed by atoms with Gasteiger partial charge >= 0.3 is 12.1 Å². The minimum atomic E-state index is -0.410. The zero-order valence-corrected chi connectivity index (χ0v) is 13.3. The van der Waals surface area contributed by atoms with Crippen molar-refractivity contribution in [3.8, 4) is 0 Å². The minimum Gasteiger partial charge on any atom is -0.465 e. The van der Waals surface area contributed by atoms with Crippen LogP contribution in [0.25, 0.3) is 0 Å². The Bertz CT molecular complexity index is 733. The summed E-state index contributed by atoms with van der Waals surface area (Å²) in [5, 5.41) is 3.16. The SMILES string of the molecule is COC(=O)c1ccccc1NC[C@H]1CN(c2ccccc2)C(=O)O1. The first-order chi connectivity index (χ1) is 11.7. The van der Waals surface area contributed by atoms with Gasteiger partial charge in [-0.05, 0) is 24.3 Å². The van der Waals surface area contributed by atoms with E-state index in [2.05, 4.69) is 5.32 Å². The van der Waals surface area contributed by atoms with Crippen molar-refractivity contribution in [1.82, 2.24) is 0 Å². The molecule has 1 amide bonds. The zero-order chi connectivity index (χ0) is 16.9. The average molecular weight is 326 g/mol. The molecule has 2 aromatic carbocycles. The molecule has 1 saturated heterocycles. The van der Waals surface area contributed by atoms with Gasteiger partial charge in [0.1, 0.15) is 6.10 Å². The molecule has 0 saturated carbocycles. The number of nitrogens with one attached hydrogen (secondary N) is 1. The molecule has 1 aliphatic rings. The van der Waals surface area contributed by atoms with Gasteiger partial charge in [-0.2, -0.15) is 0 Å². The number of rotatable bonds is 5. The Labute approximate surface area is 140 Å². The molecule has 2 aromatic rings. The van der Waals surface area contributed by atoms with E-state index in [4.69, 9.17) is 9.47 Å². The van der Waals surface area contributed by atoms with E-state index in [0.717, 1.165) is 5.69 Å². The Morgan fingerprint density at radius 1 is 1.21 bits per heavy atom. The van der Waals surface area contributed by atoms with Gasteiger partial charge in [0, 0.05) is 11.4 Å². The predicted octanol–water partition coefficient (Wildman–Crippen LogP) is 2.91. The molecular weight excluding hydrogens is 308 g/mol. The van der Waals surface area contributed by atoms with Crippen molar-refractivity contribution in [2.45, 2.75) is 6.10 Å². The molecule has 0 unspecified atom stereocenters. The van der Waals surface area contributed by atoms with Crippen LogP contribution < -0.4 is 10.2 Å². The highest BCUT2D eigenvalue weighted by Gasteiger charge is 2.32. The number of nitrogens with zero attached hydrogens (tertiary/aromatic N) is 1. The quantitative estimate of drug-likeness (QED) is 0.856. The third-order valence-electron chi connectivity index (χ3n) is 3.79. The fraction of sp³-hybridized carbons (Fsp3) is 0.222. The summed E-state index contributed by atoms with van der Waals surface area (Å²) >= 11 is 0. The maximum atomic E-state index is 12.0. The molecule has 0 spiro atoms. The lowest BCUT2D eigenvalue weighted by molar-refractivity contribution is 0.0601. The largest absolute Gasteiger partial charge is 0.465 e. The van der Waals surface area contributed by atoms with E-state index in [9.17, 15) is 9.59 Å². The molecule has 1 atom stereocenters. The van der Waals surface area contributed by atoms with Crippen molar-refractivity contribution in [2.75, 3.05) is 30.4 Å². The molecule has 1 fully saturated rings. The second-order valence-corrected chi connectivity index (χ2v) is 5.37. The maximum Gasteiger partial charge on any atom is 0.414 e. The summed E-state index contributed by atoms with van der Waals surface area (Å²) in [7, 11) is 1.34. The average Bonchev–Trinajstić information content (AvgIpc) is 3.01. The molecule has 0 bridgehead atoms. The van der Waals surface area contributed by atoms with Crippen LogP contribution in [-0.4, -0.2) is 38.4 Å². The highest BCUT2D eigenvalue weighted by molar-refractivity contribution is 5.95. The van der Waals surface area contributed by atoms with Crippen LogP contribution in [0, 0.1) is 0 Å². The van der Waals surface area contributed by atoms with Gasteiger partial charge < -0.3 is 14.8 Å². The van der Waals surface area contributed by atoms with Crippen LogP contribution >= 0.6 is 0 Å². The summed E-state index contributed by atoms with van der Waals surface area (Å²) < 4.78 is 10.2. The normalized spacial score (nSPS) is 16.6. The molecule has 124 valence electrons. The van der Waals surface area contributed by atoms with Crippen LogP contribution in [-0.2, 0) is 9.47 Å². The number of ether oxygens (including phenoxy) is 2. The zero-order valence-electron chi connectivity index (χ0n) is 13.3. The Morgan fingerprint density at radius 3 is 2.67 bits per heavy atom. The van der Waals surface area contributed by atoms with E-state index >= 15 is 0 Å². The van der Waals surface area contributed by atoms with Gasteiger partial charge in [0.25, 0.3) is 0 Å². The Morgan fingerprint density at radius 2 is 1.92 bits per heavy atom. The molecule has 6 heteroatoms. The topological polar surface area (TPSA) is 67.9 Å². The molecular formula is C18H18N2O4. The predicted molar refractivity (Wildman–Crippen MR) is 90.3 cm³/mol. The molecule has 0 radical (unpaired) electrons. The van der Waals surface area contributed by atoms with Crippen LogP contribution in [0.4, 0.5) is 16.2 Å². The molecule has 1 N–H and O–H groups in total. The smallest absolute Gasteiger partial charge is 0.414 e. The first-order valence-corrected chi connectivity index (χ1v) is 7.63. The number of benzene rings is 2. The Hall–Kier alpha value is -3.02.